The summed E-state index contributed by atoms with van der Waals surface area (Å²) in [6.07, 6.45) is -4.62. The van der Waals surface area contributed by atoms with E-state index >= 15 is 0 Å². The summed E-state index contributed by atoms with van der Waals surface area (Å²) in [5, 5.41) is 0. The van der Waals surface area contributed by atoms with Gasteiger partial charge in [-0.05, 0) is 55.3 Å². The van der Waals surface area contributed by atoms with Gasteiger partial charge in [0.25, 0.3) is 11.8 Å². The van der Waals surface area contributed by atoms with Crippen LogP contribution in [0.25, 0.3) is 0 Å². The van der Waals surface area contributed by atoms with Crippen LogP contribution >= 0.6 is 0 Å². The van der Waals surface area contributed by atoms with Crippen molar-refractivity contribution in [2.24, 2.45) is 0 Å². The largest absolute Gasteiger partial charge is 0.416 e. The van der Waals surface area contributed by atoms with Crippen molar-refractivity contribution in [1.29, 1.82) is 0 Å². The van der Waals surface area contributed by atoms with Crippen LogP contribution < -0.4 is 9.80 Å². The Hall–Kier alpha value is -3.68. The molecule has 1 aliphatic heterocycles. The second-order valence-electron chi connectivity index (χ2n) is 7.75. The normalized spacial score (nSPS) is 15.6. The maximum Gasteiger partial charge on any atom is 0.416 e. The Bertz CT molecular complexity index is 1220. The molecule has 4 rings (SSSR count). The van der Waals surface area contributed by atoms with Crippen molar-refractivity contribution < 1.29 is 22.8 Å². The second-order valence-corrected chi connectivity index (χ2v) is 7.75. The highest BCUT2D eigenvalue weighted by atomic mass is 19.4. The number of carbonyl (C=O) groups excluding carboxylic acids is 2. The number of hydrogen-bond acceptors (Lipinski definition) is 3. The van der Waals surface area contributed by atoms with Crippen molar-refractivity contribution >= 4 is 23.3 Å². The molecule has 1 aromatic heterocycles. The summed E-state index contributed by atoms with van der Waals surface area (Å²) < 4.78 is 40.3. The number of aromatic nitrogens is 1. The molecule has 1 atom stereocenters. The van der Waals surface area contributed by atoms with Gasteiger partial charge in [-0.2, -0.15) is 13.2 Å². The monoisotopic (exact) mass is 439 g/mol. The Labute approximate surface area is 183 Å². The van der Waals surface area contributed by atoms with Crippen LogP contribution in [0.4, 0.5) is 24.7 Å². The molecule has 0 unspecified atom stereocenters. The quantitative estimate of drug-likeness (QED) is 0.572. The van der Waals surface area contributed by atoms with Crippen LogP contribution in [0.1, 0.15) is 38.8 Å². The van der Waals surface area contributed by atoms with Crippen molar-refractivity contribution in [3.8, 4) is 0 Å². The Morgan fingerprint density at radius 2 is 1.75 bits per heavy atom. The van der Waals surface area contributed by atoms with Crippen molar-refractivity contribution in [1.82, 2.24) is 4.98 Å². The van der Waals surface area contributed by atoms with Gasteiger partial charge in [0.2, 0.25) is 0 Å². The zero-order valence-electron chi connectivity index (χ0n) is 17.6. The number of alkyl halides is 3. The maximum absolute atomic E-state index is 13.6. The fraction of sp³-hybridized carbons (Fsp3) is 0.208. The standard InChI is InChI=1S/C24H20F3N3O2/c1-14-7-6-8-17(11-14)29(3)23(32)21-18-9-4-5-10-19(18)22(31)30(21)20-13-16(24(25,26)27)12-15(2)28-20/h4-13,21H,1-3H3/t21-/m0/s1. The number of fused-ring (bicyclic) bond motifs is 1. The fourth-order valence-corrected chi connectivity index (χ4v) is 3.88. The number of rotatable bonds is 3. The van der Waals surface area contributed by atoms with Crippen LogP contribution in [0.5, 0.6) is 0 Å². The lowest BCUT2D eigenvalue weighted by Gasteiger charge is -2.28. The average Bonchev–Trinajstić information content (AvgIpc) is 3.04. The molecule has 2 amide bonds. The second kappa shape index (κ2) is 7.78. The van der Waals surface area contributed by atoms with E-state index in [0.717, 1.165) is 22.6 Å². The molecule has 8 heteroatoms. The molecular formula is C24H20F3N3O2. The number of pyridine rings is 1. The van der Waals surface area contributed by atoms with E-state index < -0.39 is 29.6 Å². The number of anilines is 2. The zero-order chi connectivity index (χ0) is 23.2. The van der Waals surface area contributed by atoms with Crippen LogP contribution in [0.3, 0.4) is 0 Å². The molecular weight excluding hydrogens is 419 g/mol. The SMILES string of the molecule is Cc1cccc(N(C)C(=O)[C@@H]2c3ccccc3C(=O)N2c2cc(C(F)(F)F)cc(C)n2)c1. The summed E-state index contributed by atoms with van der Waals surface area (Å²) in [5.41, 5.74) is 1.41. The first-order valence-electron chi connectivity index (χ1n) is 9.90. The van der Waals surface area contributed by atoms with Crippen LogP contribution in [-0.4, -0.2) is 23.8 Å². The van der Waals surface area contributed by atoms with Gasteiger partial charge < -0.3 is 4.90 Å². The minimum Gasteiger partial charge on any atom is -0.313 e. The van der Waals surface area contributed by atoms with E-state index in [-0.39, 0.29) is 17.1 Å². The minimum atomic E-state index is -4.62. The van der Waals surface area contributed by atoms with Gasteiger partial charge in [0.05, 0.1) is 5.56 Å². The van der Waals surface area contributed by atoms with Gasteiger partial charge in [-0.1, -0.05) is 30.3 Å². The molecule has 32 heavy (non-hydrogen) atoms. The summed E-state index contributed by atoms with van der Waals surface area (Å²) in [6, 6.07) is 14.4. The van der Waals surface area contributed by atoms with E-state index in [1.807, 2.05) is 19.1 Å². The predicted octanol–water partition coefficient (Wildman–Crippen LogP) is 5.08. The number of amides is 2. The van der Waals surface area contributed by atoms with Gasteiger partial charge in [-0.25, -0.2) is 4.98 Å². The molecule has 0 aliphatic carbocycles. The molecule has 3 aromatic rings. The maximum atomic E-state index is 13.6. The molecule has 2 heterocycles. The van der Waals surface area contributed by atoms with Gasteiger partial charge in [-0.15, -0.1) is 0 Å². The van der Waals surface area contributed by atoms with Crippen LogP contribution in [0.15, 0.2) is 60.7 Å². The van der Waals surface area contributed by atoms with Crippen LogP contribution in [0, 0.1) is 13.8 Å². The predicted molar refractivity (Wildman–Crippen MR) is 115 cm³/mol. The molecule has 0 spiro atoms. The lowest BCUT2D eigenvalue weighted by atomic mass is 10.0. The minimum absolute atomic E-state index is 0.0943. The molecule has 5 nitrogen and oxygen atoms in total. The van der Waals surface area contributed by atoms with E-state index in [9.17, 15) is 22.8 Å². The summed E-state index contributed by atoms with van der Waals surface area (Å²) in [5.74, 6) is -1.23. The zero-order valence-corrected chi connectivity index (χ0v) is 17.6. The summed E-state index contributed by atoms with van der Waals surface area (Å²) in [7, 11) is 1.57. The molecule has 0 saturated heterocycles. The molecule has 0 radical (unpaired) electrons. The Balaban J connectivity index is 1.84. The Morgan fingerprint density at radius 3 is 2.44 bits per heavy atom. The number of halogens is 3. The van der Waals surface area contributed by atoms with Crippen LogP contribution in [0.2, 0.25) is 0 Å². The first kappa shape index (κ1) is 21.5. The third-order valence-corrected chi connectivity index (χ3v) is 5.43. The van der Waals surface area contributed by atoms with E-state index in [4.69, 9.17) is 0 Å². The number of carbonyl (C=O) groups is 2. The average molecular weight is 439 g/mol. The molecule has 0 saturated carbocycles. The molecule has 0 N–H and O–H groups in total. The number of benzene rings is 2. The highest BCUT2D eigenvalue weighted by Gasteiger charge is 2.44. The van der Waals surface area contributed by atoms with Crippen molar-refractivity contribution in [3.63, 3.8) is 0 Å². The highest BCUT2D eigenvalue weighted by Crippen LogP contribution is 2.40. The molecule has 0 fully saturated rings. The van der Waals surface area contributed by atoms with Crippen molar-refractivity contribution in [2.45, 2.75) is 26.1 Å². The summed E-state index contributed by atoms with van der Waals surface area (Å²) >= 11 is 0. The molecule has 1 aliphatic rings. The molecule has 164 valence electrons. The van der Waals surface area contributed by atoms with E-state index in [0.29, 0.717) is 11.3 Å². The lowest BCUT2D eigenvalue weighted by molar-refractivity contribution is -0.137. The summed E-state index contributed by atoms with van der Waals surface area (Å²) in [6.45, 7) is 3.31. The first-order valence-corrected chi connectivity index (χ1v) is 9.90. The third kappa shape index (κ3) is 3.72. The van der Waals surface area contributed by atoms with E-state index in [1.165, 1.54) is 11.8 Å². The van der Waals surface area contributed by atoms with Gasteiger partial charge >= 0.3 is 6.18 Å². The van der Waals surface area contributed by atoms with Crippen LogP contribution in [-0.2, 0) is 11.0 Å². The Kier molecular flexibility index (Phi) is 5.24. The highest BCUT2D eigenvalue weighted by molar-refractivity contribution is 6.17. The Morgan fingerprint density at radius 1 is 1.03 bits per heavy atom. The third-order valence-electron chi connectivity index (χ3n) is 5.43. The van der Waals surface area contributed by atoms with Crippen molar-refractivity contribution in [3.05, 3.63) is 88.6 Å². The topological polar surface area (TPSA) is 53.5 Å². The lowest BCUT2D eigenvalue weighted by Crippen LogP contribution is -2.41. The van der Waals surface area contributed by atoms with Gasteiger partial charge in [-0.3, -0.25) is 14.5 Å². The smallest absolute Gasteiger partial charge is 0.313 e. The van der Waals surface area contributed by atoms with Gasteiger partial charge in [0.15, 0.2) is 0 Å². The molecule has 2 aromatic carbocycles. The van der Waals surface area contributed by atoms with Crippen molar-refractivity contribution in [2.75, 3.05) is 16.8 Å². The fourth-order valence-electron chi connectivity index (χ4n) is 3.88. The number of likely N-dealkylation sites (N-methyl/N-ethyl adjacent to an activating group) is 1. The van der Waals surface area contributed by atoms with Gasteiger partial charge in [0.1, 0.15) is 11.9 Å². The van der Waals surface area contributed by atoms with E-state index in [1.54, 1.807) is 43.4 Å². The number of hydrogen-bond donors (Lipinski definition) is 0. The number of aryl methyl sites for hydroxylation is 2. The van der Waals surface area contributed by atoms with Gasteiger partial charge in [0, 0.05) is 24.0 Å². The van der Waals surface area contributed by atoms with E-state index in [2.05, 4.69) is 4.98 Å². The number of nitrogens with zero attached hydrogens (tertiary/aromatic N) is 3. The molecule has 0 bridgehead atoms. The summed E-state index contributed by atoms with van der Waals surface area (Å²) in [4.78, 5) is 33.5. The first-order chi connectivity index (χ1) is 15.1.